The number of carbonyl (C=O) groups is 1. The Morgan fingerprint density at radius 1 is 1.10 bits per heavy atom. The van der Waals surface area contributed by atoms with Gasteiger partial charge in [0.15, 0.2) is 0 Å². The largest absolute Gasteiger partial charge is 0.491 e. The van der Waals surface area contributed by atoms with Gasteiger partial charge in [0, 0.05) is 19.5 Å². The van der Waals surface area contributed by atoms with Crippen LogP contribution in [-0.4, -0.2) is 63.0 Å². The molecule has 1 rings (SSSR count). The van der Waals surface area contributed by atoms with Gasteiger partial charge in [0.1, 0.15) is 18.2 Å². The molecule has 0 saturated carbocycles. The fraction of sp³-hybridized carbons (Fsp3) is 0.650. The quantitative estimate of drug-likeness (QED) is 0.338. The molecule has 1 aromatic carbocycles. The van der Waals surface area contributed by atoms with Gasteiger partial charge in [0.2, 0.25) is 10.0 Å². The summed E-state index contributed by atoms with van der Waals surface area (Å²) in [6.07, 6.45) is 4.83. The first-order valence-electron chi connectivity index (χ1n) is 9.80. The molecule has 0 bridgehead atoms. The van der Waals surface area contributed by atoms with Gasteiger partial charge in [0.25, 0.3) is 0 Å². The maximum Gasteiger partial charge on any atom is 0.305 e. The molecule has 1 unspecified atom stereocenters. The Labute approximate surface area is 172 Å². The van der Waals surface area contributed by atoms with Crippen molar-refractivity contribution in [2.45, 2.75) is 51.0 Å². The molecular weight excluding hydrogens is 401 g/mol. The van der Waals surface area contributed by atoms with Crippen molar-refractivity contribution in [3.8, 4) is 5.75 Å². The van der Waals surface area contributed by atoms with Crippen molar-refractivity contribution in [1.29, 1.82) is 0 Å². The summed E-state index contributed by atoms with van der Waals surface area (Å²) in [5.41, 5.74) is 0. The van der Waals surface area contributed by atoms with Crippen LogP contribution in [0.4, 0.5) is 4.39 Å². The zero-order chi connectivity index (χ0) is 21.7. The first-order valence-corrected chi connectivity index (χ1v) is 11.7. The van der Waals surface area contributed by atoms with E-state index in [1.54, 1.807) is 0 Å². The van der Waals surface area contributed by atoms with E-state index in [-0.39, 0.29) is 18.4 Å². The number of aliphatic hydroxyl groups is 1. The SMILES string of the molecule is COC(=O)CCCCCCN(CCCC(O)COc1ccc(F)cc1)S(C)(=O)=O. The van der Waals surface area contributed by atoms with Crippen LogP contribution in [0.1, 0.15) is 44.9 Å². The van der Waals surface area contributed by atoms with Crippen molar-refractivity contribution in [2.24, 2.45) is 0 Å². The lowest BCUT2D eigenvalue weighted by Gasteiger charge is -2.20. The minimum absolute atomic E-state index is 0.0602. The number of carbonyl (C=O) groups excluding carboxylic acids is 1. The molecule has 0 spiro atoms. The predicted molar refractivity (Wildman–Crippen MR) is 109 cm³/mol. The first kappa shape index (κ1) is 25.3. The van der Waals surface area contributed by atoms with Crippen molar-refractivity contribution in [2.75, 3.05) is 33.1 Å². The summed E-state index contributed by atoms with van der Waals surface area (Å²) < 4.78 is 48.1. The van der Waals surface area contributed by atoms with Gasteiger partial charge in [-0.15, -0.1) is 0 Å². The molecular formula is C20H32FNO6S. The van der Waals surface area contributed by atoms with Crippen LogP contribution in [0.2, 0.25) is 0 Å². The highest BCUT2D eigenvalue weighted by molar-refractivity contribution is 7.88. The fourth-order valence-corrected chi connectivity index (χ4v) is 3.69. The average molecular weight is 434 g/mol. The molecule has 7 nitrogen and oxygen atoms in total. The third-order valence-corrected chi connectivity index (χ3v) is 5.74. The second-order valence-corrected chi connectivity index (χ2v) is 8.95. The van der Waals surface area contributed by atoms with Crippen molar-refractivity contribution >= 4 is 16.0 Å². The lowest BCUT2D eigenvalue weighted by atomic mass is 10.1. The highest BCUT2D eigenvalue weighted by Gasteiger charge is 2.16. The Morgan fingerprint density at radius 2 is 1.72 bits per heavy atom. The number of nitrogens with zero attached hydrogens (tertiary/aromatic N) is 1. The minimum Gasteiger partial charge on any atom is -0.491 e. The average Bonchev–Trinajstić information content (AvgIpc) is 2.67. The van der Waals surface area contributed by atoms with E-state index >= 15 is 0 Å². The monoisotopic (exact) mass is 433 g/mol. The van der Waals surface area contributed by atoms with Gasteiger partial charge < -0.3 is 14.6 Å². The molecule has 166 valence electrons. The number of benzene rings is 1. The maximum absolute atomic E-state index is 12.8. The molecule has 0 heterocycles. The van der Waals surface area contributed by atoms with E-state index in [2.05, 4.69) is 4.74 Å². The Kier molecular flexibility index (Phi) is 11.8. The molecule has 0 aliphatic rings. The summed E-state index contributed by atoms with van der Waals surface area (Å²) in [6.45, 7) is 0.804. The first-order chi connectivity index (χ1) is 13.7. The number of halogens is 1. The van der Waals surface area contributed by atoms with Crippen LogP contribution in [0.25, 0.3) is 0 Å². The number of esters is 1. The van der Waals surface area contributed by atoms with E-state index in [4.69, 9.17) is 4.74 Å². The van der Waals surface area contributed by atoms with Gasteiger partial charge in [-0.2, -0.15) is 0 Å². The van der Waals surface area contributed by atoms with Crippen molar-refractivity contribution in [3.05, 3.63) is 30.1 Å². The topological polar surface area (TPSA) is 93.1 Å². The molecule has 1 aromatic rings. The lowest BCUT2D eigenvalue weighted by Crippen LogP contribution is -2.32. The highest BCUT2D eigenvalue weighted by atomic mass is 32.2. The van der Waals surface area contributed by atoms with Crippen LogP contribution in [0.5, 0.6) is 5.75 Å². The molecule has 0 aliphatic heterocycles. The molecule has 0 aliphatic carbocycles. The smallest absolute Gasteiger partial charge is 0.305 e. The van der Waals surface area contributed by atoms with Crippen LogP contribution >= 0.6 is 0 Å². The standard InChI is InChI=1S/C20H32FNO6S/c1-27-20(24)9-5-3-4-6-14-22(29(2,25)26)15-7-8-18(23)16-28-19-12-10-17(21)11-13-19/h10-13,18,23H,3-9,14-16H2,1-2H3. The number of rotatable bonds is 15. The lowest BCUT2D eigenvalue weighted by molar-refractivity contribution is -0.140. The summed E-state index contributed by atoms with van der Waals surface area (Å²) in [6, 6.07) is 5.53. The number of hydrogen-bond donors (Lipinski definition) is 1. The van der Waals surface area contributed by atoms with Crippen LogP contribution < -0.4 is 4.74 Å². The number of ether oxygens (including phenoxy) is 2. The normalized spacial score (nSPS) is 12.7. The third-order valence-electron chi connectivity index (χ3n) is 4.44. The summed E-state index contributed by atoms with van der Waals surface area (Å²) in [4.78, 5) is 11.0. The number of unbranched alkanes of at least 4 members (excludes halogenated alkanes) is 3. The Balaban J connectivity index is 2.25. The maximum atomic E-state index is 12.8. The molecule has 0 saturated heterocycles. The third kappa shape index (κ3) is 11.8. The number of aliphatic hydroxyl groups excluding tert-OH is 1. The van der Waals surface area contributed by atoms with E-state index in [9.17, 15) is 22.7 Å². The van der Waals surface area contributed by atoms with E-state index in [0.717, 1.165) is 19.3 Å². The minimum atomic E-state index is -3.32. The van der Waals surface area contributed by atoms with E-state index < -0.39 is 16.1 Å². The van der Waals surface area contributed by atoms with Gasteiger partial charge in [-0.3, -0.25) is 4.79 Å². The van der Waals surface area contributed by atoms with E-state index in [0.29, 0.717) is 44.5 Å². The van der Waals surface area contributed by atoms with E-state index in [1.807, 2.05) is 0 Å². The van der Waals surface area contributed by atoms with Gasteiger partial charge >= 0.3 is 5.97 Å². The van der Waals surface area contributed by atoms with Crippen LogP contribution in [0, 0.1) is 5.82 Å². The summed E-state index contributed by atoms with van der Waals surface area (Å²) >= 11 is 0. The van der Waals surface area contributed by atoms with Crippen LogP contribution in [0.15, 0.2) is 24.3 Å². The second kappa shape index (κ2) is 13.5. The molecule has 9 heteroatoms. The van der Waals surface area contributed by atoms with Gasteiger partial charge in [-0.25, -0.2) is 17.1 Å². The highest BCUT2D eigenvalue weighted by Crippen LogP contribution is 2.13. The Morgan fingerprint density at radius 3 is 2.34 bits per heavy atom. The van der Waals surface area contributed by atoms with Crippen molar-refractivity contribution in [1.82, 2.24) is 4.31 Å². The van der Waals surface area contributed by atoms with Crippen molar-refractivity contribution < 1.29 is 32.2 Å². The second-order valence-electron chi connectivity index (χ2n) is 6.96. The zero-order valence-electron chi connectivity index (χ0n) is 17.2. The number of methoxy groups -OCH3 is 1. The van der Waals surface area contributed by atoms with Gasteiger partial charge in [-0.05, 0) is 49.9 Å². The van der Waals surface area contributed by atoms with Gasteiger partial charge in [-0.1, -0.05) is 12.8 Å². The van der Waals surface area contributed by atoms with Gasteiger partial charge in [0.05, 0.1) is 19.5 Å². The Hall–Kier alpha value is -1.71. The van der Waals surface area contributed by atoms with Crippen LogP contribution in [0.3, 0.4) is 0 Å². The number of sulfonamides is 1. The summed E-state index contributed by atoms with van der Waals surface area (Å²) in [5, 5.41) is 10.0. The predicted octanol–water partition coefficient (Wildman–Crippen LogP) is 2.73. The van der Waals surface area contributed by atoms with Crippen molar-refractivity contribution in [3.63, 3.8) is 0 Å². The summed E-state index contributed by atoms with van der Waals surface area (Å²) in [7, 11) is -1.96. The summed E-state index contributed by atoms with van der Waals surface area (Å²) in [5.74, 6) is -0.123. The van der Waals surface area contributed by atoms with Crippen LogP contribution in [-0.2, 0) is 19.6 Å². The fourth-order valence-electron chi connectivity index (χ4n) is 2.77. The molecule has 0 aromatic heterocycles. The molecule has 0 radical (unpaired) electrons. The molecule has 1 N–H and O–H groups in total. The van der Waals surface area contributed by atoms with E-state index in [1.165, 1.54) is 41.9 Å². The Bertz CT molecular complexity index is 695. The number of hydrogen-bond acceptors (Lipinski definition) is 6. The molecule has 0 amide bonds. The molecule has 0 fully saturated rings. The zero-order valence-corrected chi connectivity index (χ0v) is 18.0. The molecule has 1 atom stereocenters. The molecule has 29 heavy (non-hydrogen) atoms.